The number of hydrogen-bond acceptors (Lipinski definition) is 1. The van der Waals surface area contributed by atoms with E-state index in [0.29, 0.717) is 5.56 Å². The first-order valence-electron chi connectivity index (χ1n) is 6.61. The maximum atomic E-state index is 10.9. The molecular weight excluding hydrogens is 236 g/mol. The lowest BCUT2D eigenvalue weighted by Crippen LogP contribution is -1.97. The second-order valence-electron chi connectivity index (χ2n) is 4.53. The quantitative estimate of drug-likeness (QED) is 0.888. The van der Waals surface area contributed by atoms with Crippen molar-refractivity contribution in [3.05, 3.63) is 59.2 Å². The minimum Gasteiger partial charge on any atom is -0.478 e. The van der Waals surface area contributed by atoms with Gasteiger partial charge < -0.3 is 5.11 Å². The molecule has 0 fully saturated rings. The summed E-state index contributed by atoms with van der Waals surface area (Å²) in [6.07, 6.45) is 2.00. The largest absolute Gasteiger partial charge is 0.478 e. The highest BCUT2D eigenvalue weighted by molar-refractivity contribution is 5.88. The molecule has 0 saturated carbocycles. The molecule has 0 aliphatic rings. The van der Waals surface area contributed by atoms with E-state index < -0.39 is 5.97 Å². The molecule has 98 valence electrons. The van der Waals surface area contributed by atoms with Crippen LogP contribution in [0.1, 0.15) is 35.3 Å². The Morgan fingerprint density at radius 3 is 2.21 bits per heavy atom. The van der Waals surface area contributed by atoms with Gasteiger partial charge in [0.25, 0.3) is 0 Å². The van der Waals surface area contributed by atoms with E-state index in [1.165, 1.54) is 16.7 Å². The minimum atomic E-state index is -0.885. The van der Waals surface area contributed by atoms with E-state index in [0.717, 1.165) is 18.4 Å². The van der Waals surface area contributed by atoms with Crippen LogP contribution in [0.4, 0.5) is 0 Å². The molecule has 2 rings (SSSR count). The van der Waals surface area contributed by atoms with Gasteiger partial charge in [0, 0.05) is 0 Å². The molecule has 0 spiro atoms. The van der Waals surface area contributed by atoms with Crippen molar-refractivity contribution < 1.29 is 9.90 Å². The molecule has 0 amide bonds. The van der Waals surface area contributed by atoms with E-state index in [1.807, 2.05) is 12.1 Å². The summed E-state index contributed by atoms with van der Waals surface area (Å²) in [6.45, 7) is 4.31. The lowest BCUT2D eigenvalue weighted by molar-refractivity contribution is 0.0697. The van der Waals surface area contributed by atoms with Crippen LogP contribution in [-0.4, -0.2) is 11.1 Å². The topological polar surface area (TPSA) is 37.3 Å². The van der Waals surface area contributed by atoms with Crippen molar-refractivity contribution in [3.8, 4) is 11.1 Å². The van der Waals surface area contributed by atoms with Gasteiger partial charge in [0.15, 0.2) is 0 Å². The Labute approximate surface area is 113 Å². The summed E-state index contributed by atoms with van der Waals surface area (Å²) in [5, 5.41) is 8.93. The van der Waals surface area contributed by atoms with E-state index in [-0.39, 0.29) is 0 Å². The molecule has 0 unspecified atom stereocenters. The molecule has 0 aliphatic heterocycles. The highest BCUT2D eigenvalue weighted by Crippen LogP contribution is 2.27. The summed E-state index contributed by atoms with van der Waals surface area (Å²) in [5.74, 6) is -0.885. The summed E-state index contributed by atoms with van der Waals surface area (Å²) in [5.41, 5.74) is 5.33. The van der Waals surface area contributed by atoms with E-state index in [9.17, 15) is 4.79 Å². The Morgan fingerprint density at radius 2 is 1.68 bits per heavy atom. The third-order valence-corrected chi connectivity index (χ3v) is 3.45. The summed E-state index contributed by atoms with van der Waals surface area (Å²) in [6, 6.07) is 13.4. The lowest BCUT2D eigenvalue weighted by Gasteiger charge is -2.12. The Kier molecular flexibility index (Phi) is 4.00. The van der Waals surface area contributed by atoms with Gasteiger partial charge in [-0.15, -0.1) is 0 Å². The summed E-state index contributed by atoms with van der Waals surface area (Å²) < 4.78 is 0. The van der Waals surface area contributed by atoms with Gasteiger partial charge in [0.05, 0.1) is 5.56 Å². The molecule has 19 heavy (non-hydrogen) atoms. The zero-order chi connectivity index (χ0) is 13.8. The van der Waals surface area contributed by atoms with E-state index in [2.05, 4.69) is 32.0 Å². The van der Waals surface area contributed by atoms with Crippen LogP contribution >= 0.6 is 0 Å². The molecule has 2 aromatic carbocycles. The summed E-state index contributed by atoms with van der Waals surface area (Å²) in [7, 11) is 0. The van der Waals surface area contributed by atoms with Crippen LogP contribution in [0.2, 0.25) is 0 Å². The van der Waals surface area contributed by atoms with Crippen molar-refractivity contribution in [3.63, 3.8) is 0 Å². The maximum absolute atomic E-state index is 10.9. The lowest BCUT2D eigenvalue weighted by atomic mass is 9.92. The Bertz CT molecular complexity index is 583. The molecular formula is C17H18O2. The smallest absolute Gasteiger partial charge is 0.335 e. The number of carbonyl (C=O) groups is 1. The molecule has 1 N–H and O–H groups in total. The average molecular weight is 254 g/mol. The Morgan fingerprint density at radius 1 is 1.00 bits per heavy atom. The first-order valence-corrected chi connectivity index (χ1v) is 6.61. The SMILES string of the molecule is CCc1cccc(-c2ccc(C(=O)O)cc2)c1CC. The number of aryl methyl sites for hydroxylation is 1. The Balaban J connectivity index is 2.49. The van der Waals surface area contributed by atoms with E-state index in [1.54, 1.807) is 12.1 Å². The predicted molar refractivity (Wildman–Crippen MR) is 77.6 cm³/mol. The summed E-state index contributed by atoms with van der Waals surface area (Å²) >= 11 is 0. The third-order valence-electron chi connectivity index (χ3n) is 3.45. The van der Waals surface area contributed by atoms with Gasteiger partial charge in [0.2, 0.25) is 0 Å². The van der Waals surface area contributed by atoms with Crippen molar-refractivity contribution >= 4 is 5.97 Å². The van der Waals surface area contributed by atoms with Crippen LogP contribution in [0, 0.1) is 0 Å². The number of carboxylic acids is 1. The number of carboxylic acid groups (broad SMARTS) is 1. The van der Waals surface area contributed by atoms with Crippen LogP contribution in [0.15, 0.2) is 42.5 Å². The van der Waals surface area contributed by atoms with Gasteiger partial charge in [0.1, 0.15) is 0 Å². The molecule has 2 heteroatoms. The van der Waals surface area contributed by atoms with Gasteiger partial charge in [-0.25, -0.2) is 4.79 Å². The fourth-order valence-electron chi connectivity index (χ4n) is 2.45. The fourth-order valence-corrected chi connectivity index (χ4v) is 2.45. The van der Waals surface area contributed by atoms with Gasteiger partial charge in [-0.05, 0) is 47.2 Å². The van der Waals surface area contributed by atoms with Crippen LogP contribution in [0.25, 0.3) is 11.1 Å². The first kappa shape index (κ1) is 13.3. The predicted octanol–water partition coefficient (Wildman–Crippen LogP) is 4.18. The highest BCUT2D eigenvalue weighted by Gasteiger charge is 2.08. The zero-order valence-corrected chi connectivity index (χ0v) is 11.3. The molecule has 0 heterocycles. The molecule has 0 aromatic heterocycles. The minimum absolute atomic E-state index is 0.327. The number of benzene rings is 2. The van der Waals surface area contributed by atoms with Crippen molar-refractivity contribution in [2.75, 3.05) is 0 Å². The number of aromatic carboxylic acids is 1. The van der Waals surface area contributed by atoms with Gasteiger partial charge in [-0.2, -0.15) is 0 Å². The van der Waals surface area contributed by atoms with Crippen molar-refractivity contribution in [2.45, 2.75) is 26.7 Å². The molecule has 2 aromatic rings. The third kappa shape index (κ3) is 2.68. The van der Waals surface area contributed by atoms with Crippen molar-refractivity contribution in [1.82, 2.24) is 0 Å². The molecule has 2 nitrogen and oxygen atoms in total. The Hall–Kier alpha value is -2.09. The standard InChI is InChI=1S/C17H18O2/c1-3-12-6-5-7-16(15(12)4-2)13-8-10-14(11-9-13)17(18)19/h5-11H,3-4H2,1-2H3,(H,18,19). The fraction of sp³-hybridized carbons (Fsp3) is 0.235. The molecule has 0 bridgehead atoms. The molecule has 0 saturated heterocycles. The van der Waals surface area contributed by atoms with Crippen LogP contribution in [-0.2, 0) is 12.8 Å². The highest BCUT2D eigenvalue weighted by atomic mass is 16.4. The van der Waals surface area contributed by atoms with Gasteiger partial charge >= 0.3 is 5.97 Å². The van der Waals surface area contributed by atoms with Crippen LogP contribution in [0.5, 0.6) is 0 Å². The second-order valence-corrected chi connectivity index (χ2v) is 4.53. The molecule has 0 aliphatic carbocycles. The maximum Gasteiger partial charge on any atom is 0.335 e. The number of hydrogen-bond donors (Lipinski definition) is 1. The summed E-state index contributed by atoms with van der Waals surface area (Å²) in [4.78, 5) is 10.9. The number of rotatable bonds is 4. The van der Waals surface area contributed by atoms with E-state index in [4.69, 9.17) is 5.11 Å². The molecule has 0 radical (unpaired) electrons. The van der Waals surface area contributed by atoms with Crippen molar-refractivity contribution in [1.29, 1.82) is 0 Å². The normalized spacial score (nSPS) is 10.4. The second kappa shape index (κ2) is 5.70. The van der Waals surface area contributed by atoms with Gasteiger partial charge in [-0.1, -0.05) is 44.2 Å². The van der Waals surface area contributed by atoms with Crippen LogP contribution < -0.4 is 0 Å². The average Bonchev–Trinajstić information content (AvgIpc) is 2.46. The van der Waals surface area contributed by atoms with E-state index >= 15 is 0 Å². The van der Waals surface area contributed by atoms with Crippen LogP contribution in [0.3, 0.4) is 0 Å². The van der Waals surface area contributed by atoms with Crippen molar-refractivity contribution in [2.24, 2.45) is 0 Å². The molecule has 0 atom stereocenters. The zero-order valence-electron chi connectivity index (χ0n) is 11.3. The monoisotopic (exact) mass is 254 g/mol. The first-order chi connectivity index (χ1) is 9.17. The van der Waals surface area contributed by atoms with Gasteiger partial charge in [-0.3, -0.25) is 0 Å².